The standard InChI is InChI=1S/C27H36N2S3.2C5H5.C4H8O.Co.Li/c1-15(2)19-11-9-12-20(16(3)4)23(19)28-25(30)26(31)29(27(28)32)24-21(17(5)6)13-10-14-22(24)18(7)8;3*1-2-4-5-3-1;;/h9-18,30-31H,1-8H3;2*1-5H;1-4H2;;/q;2*-1;;+3;+1/p-2. The normalized spacial score (nSPS) is 11.9. The summed E-state index contributed by atoms with van der Waals surface area (Å²) in [4.78, 5) is 0. The van der Waals surface area contributed by atoms with Crippen LogP contribution in [0.3, 0.4) is 0 Å². The number of imidazole rings is 1. The fourth-order valence-electron chi connectivity index (χ4n) is 5.55. The molecule has 6 rings (SSSR count). The maximum absolute atomic E-state index is 6.14. The summed E-state index contributed by atoms with van der Waals surface area (Å²) in [5.41, 5.74) is 7.17. The Kier molecular flexibility index (Phi) is 21.0. The van der Waals surface area contributed by atoms with Crippen molar-refractivity contribution in [2.45, 2.75) is 102 Å². The first-order valence-corrected chi connectivity index (χ1v) is 18.1. The molecule has 0 aliphatic carbocycles. The number of ether oxygens (including phenoxy) is 1. The summed E-state index contributed by atoms with van der Waals surface area (Å²) in [5.74, 6) is 1.36. The summed E-state index contributed by atoms with van der Waals surface area (Å²) >= 11 is 18.1. The topological polar surface area (TPSA) is 19.1 Å². The molecule has 0 amide bonds. The minimum Gasteiger partial charge on any atom is -0.762 e. The van der Waals surface area contributed by atoms with E-state index in [0.29, 0.717) is 38.5 Å². The van der Waals surface area contributed by atoms with Crippen LogP contribution in [0.2, 0.25) is 0 Å². The van der Waals surface area contributed by atoms with Crippen LogP contribution in [0.25, 0.3) is 11.4 Å². The third-order valence-electron chi connectivity index (χ3n) is 8.04. The van der Waals surface area contributed by atoms with Crippen LogP contribution in [0.4, 0.5) is 0 Å². The number of rotatable bonds is 6. The molecule has 49 heavy (non-hydrogen) atoms. The van der Waals surface area contributed by atoms with Crippen molar-refractivity contribution in [2.24, 2.45) is 0 Å². The Hall–Kier alpha value is -1.93. The van der Waals surface area contributed by atoms with Crippen molar-refractivity contribution >= 4 is 37.5 Å². The van der Waals surface area contributed by atoms with Crippen molar-refractivity contribution in [3.63, 3.8) is 0 Å². The summed E-state index contributed by atoms with van der Waals surface area (Å²) in [6.45, 7) is 19.7. The monoisotopic (exact) mass is 750 g/mol. The van der Waals surface area contributed by atoms with E-state index in [1.54, 1.807) is 0 Å². The molecular formula is C41H52CoLiN2OS3. The van der Waals surface area contributed by atoms with Gasteiger partial charge in [-0.05, 0) is 71.0 Å². The first-order chi connectivity index (χ1) is 22.5. The van der Waals surface area contributed by atoms with Crippen molar-refractivity contribution in [3.05, 3.63) is 124 Å². The van der Waals surface area contributed by atoms with Gasteiger partial charge >= 0.3 is 35.6 Å². The number of para-hydroxylation sites is 2. The Balaban J connectivity index is 0.000000574. The molecule has 1 aliphatic rings. The Labute approximate surface area is 335 Å². The van der Waals surface area contributed by atoms with Gasteiger partial charge in [-0.2, -0.15) is 36.4 Å². The molecule has 0 spiro atoms. The fourth-order valence-corrected chi connectivity index (χ4v) is 6.57. The predicted octanol–water partition coefficient (Wildman–Crippen LogP) is 8.91. The number of hydrogen-bond donors (Lipinski definition) is 0. The van der Waals surface area contributed by atoms with E-state index in [9.17, 15) is 0 Å². The quantitative estimate of drug-likeness (QED) is 0.0748. The molecule has 0 atom stereocenters. The van der Waals surface area contributed by atoms with E-state index in [-0.39, 0.29) is 35.6 Å². The minimum absolute atomic E-state index is 0. The zero-order valence-corrected chi connectivity index (χ0v) is 34.2. The van der Waals surface area contributed by atoms with Crippen molar-refractivity contribution < 1.29 is 40.4 Å². The molecule has 3 nitrogen and oxygen atoms in total. The van der Waals surface area contributed by atoms with Crippen molar-refractivity contribution in [2.75, 3.05) is 13.2 Å². The van der Waals surface area contributed by atoms with E-state index in [4.69, 9.17) is 42.2 Å². The van der Waals surface area contributed by atoms with E-state index >= 15 is 0 Å². The third-order valence-corrected chi connectivity index (χ3v) is 9.29. The Morgan fingerprint density at radius 1 is 0.571 bits per heavy atom. The van der Waals surface area contributed by atoms with Crippen LogP contribution in [0.1, 0.15) is 114 Å². The number of hydrogen-bond acceptors (Lipinski definition) is 4. The Bertz CT molecular complexity index is 1450. The van der Waals surface area contributed by atoms with Gasteiger partial charge in [-0.15, -0.1) is 10.1 Å². The molecule has 0 radical (unpaired) electrons. The first-order valence-electron chi connectivity index (χ1n) is 16.9. The zero-order chi connectivity index (χ0) is 34.5. The predicted molar refractivity (Wildman–Crippen MR) is 208 cm³/mol. The molecule has 1 saturated heterocycles. The van der Waals surface area contributed by atoms with Crippen molar-refractivity contribution in [1.29, 1.82) is 0 Å². The first kappa shape index (κ1) is 45.1. The van der Waals surface area contributed by atoms with E-state index < -0.39 is 0 Å². The Morgan fingerprint density at radius 3 is 1.04 bits per heavy atom. The number of benzene rings is 2. The number of aromatic nitrogens is 2. The van der Waals surface area contributed by atoms with Gasteiger partial charge in [0.15, 0.2) is 4.77 Å². The number of nitrogens with zero attached hydrogens (tertiary/aromatic N) is 2. The second kappa shape index (κ2) is 22.8. The van der Waals surface area contributed by atoms with Gasteiger partial charge in [-0.3, -0.25) is 0 Å². The van der Waals surface area contributed by atoms with Gasteiger partial charge in [-0.25, -0.2) is 24.3 Å². The van der Waals surface area contributed by atoms with Gasteiger partial charge in [0.1, 0.15) is 0 Å². The summed E-state index contributed by atoms with van der Waals surface area (Å²) in [6.07, 6.45) is 2.56. The fraction of sp³-hybridized carbons (Fsp3) is 0.390. The molecule has 2 heterocycles. The molecule has 260 valence electrons. The molecule has 0 N–H and O–H groups in total. The van der Waals surface area contributed by atoms with E-state index in [2.05, 4.69) is 101 Å². The van der Waals surface area contributed by atoms with Gasteiger partial charge in [0.05, 0.1) is 11.4 Å². The van der Waals surface area contributed by atoms with Crippen LogP contribution in [0.5, 0.6) is 0 Å². The molecule has 1 fully saturated rings. The summed E-state index contributed by atoms with van der Waals surface area (Å²) in [5, 5.41) is 1.24. The second-order valence-electron chi connectivity index (χ2n) is 13.0. The largest absolute Gasteiger partial charge is 3.00 e. The van der Waals surface area contributed by atoms with Crippen LogP contribution in [-0.4, -0.2) is 22.3 Å². The molecule has 8 heteroatoms. The average molecular weight is 751 g/mol. The van der Waals surface area contributed by atoms with E-state index in [1.807, 2.05) is 60.7 Å². The summed E-state index contributed by atoms with van der Waals surface area (Å²) in [6, 6.07) is 33.0. The molecule has 4 aromatic carbocycles. The van der Waals surface area contributed by atoms with Crippen molar-refractivity contribution in [3.8, 4) is 11.4 Å². The van der Waals surface area contributed by atoms with E-state index in [1.165, 1.54) is 35.1 Å². The van der Waals surface area contributed by atoms with Crippen LogP contribution in [0.15, 0.2) is 107 Å². The van der Waals surface area contributed by atoms with Gasteiger partial charge < -0.3 is 39.1 Å². The molecule has 0 saturated carbocycles. The molecule has 0 unspecified atom stereocenters. The average Bonchev–Trinajstić information content (AvgIpc) is 3.89. The summed E-state index contributed by atoms with van der Waals surface area (Å²) in [7, 11) is 0. The zero-order valence-electron chi connectivity index (χ0n) is 30.7. The molecule has 1 aromatic heterocycles. The molecular weight excluding hydrogens is 699 g/mol. The van der Waals surface area contributed by atoms with Crippen LogP contribution in [0, 0.1) is 4.77 Å². The Morgan fingerprint density at radius 2 is 0.857 bits per heavy atom. The minimum atomic E-state index is 0. The maximum Gasteiger partial charge on any atom is 3.00 e. The van der Waals surface area contributed by atoms with Gasteiger partial charge in [0, 0.05) is 13.2 Å². The smallest absolute Gasteiger partial charge is 0.762 e. The molecule has 0 bridgehead atoms. The summed E-state index contributed by atoms with van der Waals surface area (Å²) < 4.78 is 9.71. The van der Waals surface area contributed by atoms with Crippen LogP contribution in [-0.2, 0) is 46.8 Å². The van der Waals surface area contributed by atoms with Crippen LogP contribution >= 0.6 is 12.2 Å². The SMILES string of the molecule is C1CCOC1.CC(C)c1cccc(C(C)C)c1-n1c([S-])c([S-])n(-c2c(C(C)C)cccc2C(C)C)c1=S.[Co+3].[Li+].c1cc[cH-]c1.c1cc[cH-]c1. The molecule has 5 aromatic rings. The second-order valence-corrected chi connectivity index (χ2v) is 14.1. The van der Waals surface area contributed by atoms with Gasteiger partial charge in [0.2, 0.25) is 0 Å². The molecule has 1 aliphatic heterocycles. The van der Waals surface area contributed by atoms with Crippen LogP contribution < -0.4 is 18.9 Å². The third kappa shape index (κ3) is 12.4. The van der Waals surface area contributed by atoms with Crippen molar-refractivity contribution in [1.82, 2.24) is 9.13 Å². The maximum atomic E-state index is 6.14. The van der Waals surface area contributed by atoms with Gasteiger partial charge in [0.25, 0.3) is 0 Å². The van der Waals surface area contributed by atoms with E-state index in [0.717, 1.165) is 24.6 Å². The van der Waals surface area contributed by atoms with Gasteiger partial charge in [-0.1, -0.05) is 91.8 Å².